The maximum Gasteiger partial charge on any atom is 0.317 e. The highest BCUT2D eigenvalue weighted by Crippen LogP contribution is 2.30. The minimum absolute atomic E-state index is 0.0251. The smallest absolute Gasteiger partial charge is 0.317 e. The fraction of sp³-hybridized carbons (Fsp3) is 0.857. The van der Waals surface area contributed by atoms with E-state index < -0.39 is 5.97 Å². The number of aliphatic carboxylic acids is 1. The van der Waals surface area contributed by atoms with Gasteiger partial charge in [-0.3, -0.25) is 4.79 Å². The lowest BCUT2D eigenvalue weighted by atomic mass is 9.97. The van der Waals surface area contributed by atoms with Crippen LogP contribution >= 0.6 is 0 Å². The molecule has 1 saturated carbocycles. The summed E-state index contributed by atoms with van der Waals surface area (Å²) in [6.07, 6.45) is 4.89. The lowest BCUT2D eigenvalue weighted by molar-refractivity contribution is -0.143. The van der Waals surface area contributed by atoms with E-state index in [1.165, 1.54) is 19.3 Å². The Bertz CT molecular complexity index is 338. The van der Waals surface area contributed by atoms with Crippen LogP contribution in [0.5, 0.6) is 0 Å². The first-order valence-electron chi connectivity index (χ1n) is 7.33. The Balaban J connectivity index is 1.71. The van der Waals surface area contributed by atoms with Crippen LogP contribution in [-0.2, 0) is 4.79 Å². The molecule has 5 nitrogen and oxygen atoms in total. The van der Waals surface area contributed by atoms with Crippen LogP contribution in [0.2, 0.25) is 0 Å². The molecule has 1 saturated heterocycles. The van der Waals surface area contributed by atoms with Crippen LogP contribution in [0, 0.1) is 17.8 Å². The summed E-state index contributed by atoms with van der Waals surface area (Å²) in [6, 6.07) is -0.0251. The molecule has 2 rings (SSSR count). The number of amides is 2. The molecular formula is C14H24N2O3. The van der Waals surface area contributed by atoms with Crippen molar-refractivity contribution >= 4 is 12.0 Å². The van der Waals surface area contributed by atoms with E-state index in [1.54, 1.807) is 4.90 Å². The van der Waals surface area contributed by atoms with Gasteiger partial charge >= 0.3 is 12.0 Å². The van der Waals surface area contributed by atoms with Gasteiger partial charge in [0.15, 0.2) is 0 Å². The van der Waals surface area contributed by atoms with Crippen molar-refractivity contribution in [2.24, 2.45) is 17.8 Å². The Kier molecular flexibility index (Phi) is 4.66. The summed E-state index contributed by atoms with van der Waals surface area (Å²) in [4.78, 5) is 24.6. The number of likely N-dealkylation sites (tertiary alicyclic amines) is 1. The van der Waals surface area contributed by atoms with E-state index in [0.717, 1.165) is 6.54 Å². The number of carboxylic acids is 1. The van der Waals surface area contributed by atoms with Gasteiger partial charge in [-0.05, 0) is 31.1 Å². The highest BCUT2D eigenvalue weighted by Gasteiger charge is 2.28. The van der Waals surface area contributed by atoms with Crippen LogP contribution in [0.4, 0.5) is 4.79 Å². The first kappa shape index (κ1) is 14.2. The predicted octanol–water partition coefficient (Wildman–Crippen LogP) is 1.93. The summed E-state index contributed by atoms with van der Waals surface area (Å²) in [6.45, 7) is 4.13. The molecule has 108 valence electrons. The zero-order chi connectivity index (χ0) is 13.8. The van der Waals surface area contributed by atoms with Gasteiger partial charge in [0.1, 0.15) is 0 Å². The molecule has 2 fully saturated rings. The van der Waals surface area contributed by atoms with Crippen molar-refractivity contribution in [3.05, 3.63) is 0 Å². The quantitative estimate of drug-likeness (QED) is 0.821. The minimum Gasteiger partial charge on any atom is -0.481 e. The zero-order valence-electron chi connectivity index (χ0n) is 11.6. The summed E-state index contributed by atoms with van der Waals surface area (Å²) in [5.74, 6) is 0.303. The molecule has 19 heavy (non-hydrogen) atoms. The predicted molar refractivity (Wildman–Crippen MR) is 71.8 cm³/mol. The molecular weight excluding hydrogens is 244 g/mol. The summed E-state index contributed by atoms with van der Waals surface area (Å²) in [5, 5.41) is 11.9. The van der Waals surface area contributed by atoms with E-state index in [0.29, 0.717) is 37.8 Å². The van der Waals surface area contributed by atoms with Gasteiger partial charge in [0.05, 0.1) is 5.92 Å². The number of carbonyl (C=O) groups excluding carboxylic acids is 1. The maximum absolute atomic E-state index is 12.0. The van der Waals surface area contributed by atoms with Gasteiger partial charge in [0.25, 0.3) is 0 Å². The van der Waals surface area contributed by atoms with Crippen LogP contribution in [-0.4, -0.2) is 41.6 Å². The van der Waals surface area contributed by atoms with Crippen LogP contribution < -0.4 is 5.32 Å². The Morgan fingerprint density at radius 1 is 1.21 bits per heavy atom. The average molecular weight is 268 g/mol. The second-order valence-corrected chi connectivity index (χ2v) is 5.95. The fourth-order valence-electron chi connectivity index (χ4n) is 3.19. The SMILES string of the molecule is CC1CCCC1CNC(=O)N1CCC(C(=O)O)CC1. The van der Waals surface area contributed by atoms with E-state index in [4.69, 9.17) is 5.11 Å². The normalized spacial score (nSPS) is 28.4. The summed E-state index contributed by atoms with van der Waals surface area (Å²) in [5.41, 5.74) is 0. The first-order chi connectivity index (χ1) is 9.08. The van der Waals surface area contributed by atoms with E-state index in [9.17, 15) is 9.59 Å². The van der Waals surface area contributed by atoms with E-state index >= 15 is 0 Å². The molecule has 2 aliphatic rings. The number of hydrogen-bond donors (Lipinski definition) is 2. The van der Waals surface area contributed by atoms with Crippen molar-refractivity contribution in [1.82, 2.24) is 10.2 Å². The number of nitrogens with zero attached hydrogens (tertiary/aromatic N) is 1. The average Bonchev–Trinajstić information content (AvgIpc) is 2.81. The molecule has 1 aliphatic carbocycles. The molecule has 0 aromatic heterocycles. The first-order valence-corrected chi connectivity index (χ1v) is 7.33. The van der Waals surface area contributed by atoms with Crippen molar-refractivity contribution in [2.75, 3.05) is 19.6 Å². The third-order valence-electron chi connectivity index (χ3n) is 4.69. The number of rotatable bonds is 3. The highest BCUT2D eigenvalue weighted by molar-refractivity contribution is 5.75. The molecule has 0 bridgehead atoms. The fourth-order valence-corrected chi connectivity index (χ4v) is 3.19. The molecule has 0 spiro atoms. The van der Waals surface area contributed by atoms with Crippen LogP contribution in [0.15, 0.2) is 0 Å². The second-order valence-electron chi connectivity index (χ2n) is 5.95. The van der Waals surface area contributed by atoms with E-state index in [1.807, 2.05) is 0 Å². The lowest BCUT2D eigenvalue weighted by Crippen LogP contribution is -2.46. The topological polar surface area (TPSA) is 69.6 Å². The summed E-state index contributed by atoms with van der Waals surface area (Å²) in [7, 11) is 0. The molecule has 0 radical (unpaired) electrons. The standard InChI is InChI=1S/C14H24N2O3/c1-10-3-2-4-12(10)9-15-14(19)16-7-5-11(6-8-16)13(17)18/h10-12H,2-9H2,1H3,(H,15,19)(H,17,18). The van der Waals surface area contributed by atoms with Gasteiger partial charge in [-0.2, -0.15) is 0 Å². The van der Waals surface area contributed by atoms with E-state index in [-0.39, 0.29) is 11.9 Å². The van der Waals surface area contributed by atoms with Gasteiger partial charge in [0, 0.05) is 19.6 Å². The van der Waals surface area contributed by atoms with Gasteiger partial charge in [0.2, 0.25) is 0 Å². The van der Waals surface area contributed by atoms with Gasteiger partial charge in [-0.25, -0.2) is 4.79 Å². The number of carboxylic acid groups (broad SMARTS) is 1. The molecule has 2 N–H and O–H groups in total. The van der Waals surface area contributed by atoms with Gasteiger partial charge < -0.3 is 15.3 Å². The Morgan fingerprint density at radius 3 is 2.42 bits per heavy atom. The van der Waals surface area contributed by atoms with Crippen molar-refractivity contribution in [3.8, 4) is 0 Å². The molecule has 0 aromatic carbocycles. The second kappa shape index (κ2) is 6.26. The number of urea groups is 1. The van der Waals surface area contributed by atoms with Crippen LogP contribution in [0.3, 0.4) is 0 Å². The summed E-state index contributed by atoms with van der Waals surface area (Å²) >= 11 is 0. The van der Waals surface area contributed by atoms with Crippen LogP contribution in [0.1, 0.15) is 39.0 Å². The zero-order valence-corrected chi connectivity index (χ0v) is 11.6. The Morgan fingerprint density at radius 2 is 1.89 bits per heavy atom. The Labute approximate surface area is 114 Å². The third kappa shape index (κ3) is 3.61. The number of hydrogen-bond acceptors (Lipinski definition) is 2. The summed E-state index contributed by atoms with van der Waals surface area (Å²) < 4.78 is 0. The lowest BCUT2D eigenvalue weighted by Gasteiger charge is -2.30. The number of carbonyl (C=O) groups is 2. The van der Waals surface area contributed by atoms with Crippen molar-refractivity contribution in [1.29, 1.82) is 0 Å². The molecule has 1 heterocycles. The van der Waals surface area contributed by atoms with Crippen LogP contribution in [0.25, 0.3) is 0 Å². The minimum atomic E-state index is -0.736. The third-order valence-corrected chi connectivity index (χ3v) is 4.69. The van der Waals surface area contributed by atoms with Crippen molar-refractivity contribution in [2.45, 2.75) is 39.0 Å². The monoisotopic (exact) mass is 268 g/mol. The van der Waals surface area contributed by atoms with Crippen molar-refractivity contribution in [3.63, 3.8) is 0 Å². The molecule has 1 aliphatic heterocycles. The molecule has 0 aromatic rings. The largest absolute Gasteiger partial charge is 0.481 e. The van der Waals surface area contributed by atoms with Crippen molar-refractivity contribution < 1.29 is 14.7 Å². The highest BCUT2D eigenvalue weighted by atomic mass is 16.4. The molecule has 2 unspecified atom stereocenters. The maximum atomic E-state index is 12.0. The molecule has 5 heteroatoms. The molecule has 2 amide bonds. The van der Waals surface area contributed by atoms with E-state index in [2.05, 4.69) is 12.2 Å². The Hall–Kier alpha value is -1.26. The molecule has 2 atom stereocenters. The van der Waals surface area contributed by atoms with Gasteiger partial charge in [-0.15, -0.1) is 0 Å². The number of piperidine rings is 1. The number of nitrogens with one attached hydrogen (secondary N) is 1. The van der Waals surface area contributed by atoms with Gasteiger partial charge in [-0.1, -0.05) is 19.8 Å².